The van der Waals surface area contributed by atoms with Gasteiger partial charge in [-0.2, -0.15) is 4.98 Å². The monoisotopic (exact) mass is 574 g/mol. The summed E-state index contributed by atoms with van der Waals surface area (Å²) in [4.78, 5) is 27.0. The number of quaternary nitrogens is 1. The highest BCUT2D eigenvalue weighted by atomic mass is 35.5. The molecule has 0 spiro atoms. The lowest BCUT2D eigenvalue weighted by atomic mass is 9.95. The van der Waals surface area contributed by atoms with Gasteiger partial charge in [0.1, 0.15) is 5.82 Å². The van der Waals surface area contributed by atoms with Gasteiger partial charge in [-0.25, -0.2) is 9.78 Å². The lowest BCUT2D eigenvalue weighted by Crippen LogP contribution is -2.47. The number of hydrogen-bond donors (Lipinski definition) is 2. The van der Waals surface area contributed by atoms with Gasteiger partial charge < -0.3 is 24.9 Å². The molecular formula is C29H42Cl2N7O+. The van der Waals surface area contributed by atoms with E-state index in [1.165, 1.54) is 49.8 Å². The third kappa shape index (κ3) is 6.90. The molecule has 212 valence electrons. The van der Waals surface area contributed by atoms with E-state index in [1.54, 1.807) is 6.07 Å². The Labute approximate surface area is 242 Å². The normalized spacial score (nSPS) is 19.2. The number of nitrogens with zero attached hydrogens (tertiary/aromatic N) is 5. The van der Waals surface area contributed by atoms with E-state index in [1.807, 2.05) is 17.0 Å². The van der Waals surface area contributed by atoms with Crippen LogP contribution in [-0.2, 0) is 19.5 Å². The van der Waals surface area contributed by atoms with Gasteiger partial charge in [0.2, 0.25) is 5.95 Å². The number of carbonyl (C=O) groups is 1. The average molecular weight is 576 g/mol. The van der Waals surface area contributed by atoms with E-state index in [9.17, 15) is 4.79 Å². The van der Waals surface area contributed by atoms with Crippen LogP contribution in [0.5, 0.6) is 0 Å². The van der Waals surface area contributed by atoms with Crippen LogP contribution in [0.4, 0.5) is 16.6 Å². The smallest absolute Gasteiger partial charge is 0.317 e. The number of nitrogens with one attached hydrogen (secondary N) is 2. The number of anilines is 2. The molecule has 1 aromatic carbocycles. The predicted octanol–water partition coefficient (Wildman–Crippen LogP) is 5.33. The van der Waals surface area contributed by atoms with Crippen molar-refractivity contribution in [2.75, 3.05) is 63.1 Å². The second kappa shape index (κ2) is 12.5. The molecule has 5 rings (SSSR count). The van der Waals surface area contributed by atoms with Crippen LogP contribution >= 0.6 is 23.2 Å². The van der Waals surface area contributed by atoms with Gasteiger partial charge in [-0.1, -0.05) is 36.2 Å². The molecule has 8 nitrogen and oxygen atoms in total. The topological polar surface area (TPSA) is 73.4 Å². The van der Waals surface area contributed by atoms with Crippen molar-refractivity contribution in [1.29, 1.82) is 0 Å². The number of hydrogen-bond acceptors (Lipinski definition) is 5. The summed E-state index contributed by atoms with van der Waals surface area (Å²) in [6.07, 6.45) is 6.73. The van der Waals surface area contributed by atoms with Crippen molar-refractivity contribution in [3.63, 3.8) is 0 Å². The van der Waals surface area contributed by atoms with Crippen LogP contribution in [0.3, 0.4) is 0 Å². The van der Waals surface area contributed by atoms with Crippen LogP contribution in [-0.4, -0.2) is 78.2 Å². The van der Waals surface area contributed by atoms with Crippen LogP contribution in [0.25, 0.3) is 0 Å². The summed E-state index contributed by atoms with van der Waals surface area (Å²) in [5.41, 5.74) is 2.97. The van der Waals surface area contributed by atoms with Crippen molar-refractivity contribution in [2.45, 2.75) is 58.5 Å². The van der Waals surface area contributed by atoms with Gasteiger partial charge in [0.05, 0.1) is 38.9 Å². The van der Waals surface area contributed by atoms with Gasteiger partial charge in [-0.15, -0.1) is 0 Å². The molecule has 2 amide bonds. The van der Waals surface area contributed by atoms with E-state index in [0.29, 0.717) is 42.6 Å². The number of aromatic nitrogens is 2. The summed E-state index contributed by atoms with van der Waals surface area (Å²) in [6.45, 7) is 10.3. The molecule has 0 unspecified atom stereocenters. The molecule has 0 radical (unpaired) electrons. The van der Waals surface area contributed by atoms with E-state index >= 15 is 0 Å². The molecule has 3 aliphatic heterocycles. The van der Waals surface area contributed by atoms with Crippen molar-refractivity contribution in [1.82, 2.24) is 20.2 Å². The fraction of sp³-hybridized carbons (Fsp3) is 0.621. The molecular weight excluding hydrogens is 533 g/mol. The molecule has 0 aliphatic carbocycles. The van der Waals surface area contributed by atoms with Gasteiger partial charge >= 0.3 is 6.03 Å². The first-order valence-corrected chi connectivity index (χ1v) is 15.3. The lowest BCUT2D eigenvalue weighted by molar-refractivity contribution is -0.901. The highest BCUT2D eigenvalue weighted by Gasteiger charge is 2.33. The fourth-order valence-electron chi connectivity index (χ4n) is 6.27. The highest BCUT2D eigenvalue weighted by molar-refractivity contribution is 6.35. The molecule has 2 fully saturated rings. The first kappa shape index (κ1) is 28.2. The zero-order valence-corrected chi connectivity index (χ0v) is 24.8. The van der Waals surface area contributed by atoms with Crippen LogP contribution in [0.2, 0.25) is 10.0 Å². The van der Waals surface area contributed by atoms with Crippen LogP contribution in [0.1, 0.15) is 55.8 Å². The number of amides is 2. The zero-order valence-electron chi connectivity index (χ0n) is 23.3. The third-order valence-corrected chi connectivity index (χ3v) is 9.15. The minimum atomic E-state index is -0.0327. The Kier molecular flexibility index (Phi) is 9.04. The molecule has 0 saturated carbocycles. The fourth-order valence-corrected chi connectivity index (χ4v) is 6.75. The molecule has 4 heterocycles. The quantitative estimate of drug-likeness (QED) is 0.417. The van der Waals surface area contributed by atoms with E-state index < -0.39 is 0 Å². The van der Waals surface area contributed by atoms with Gasteiger partial charge in [-0.3, -0.25) is 0 Å². The van der Waals surface area contributed by atoms with Gasteiger partial charge in [-0.05, 0) is 37.0 Å². The van der Waals surface area contributed by atoms with Gasteiger partial charge in [0.25, 0.3) is 0 Å². The zero-order chi connectivity index (χ0) is 27.4. The maximum absolute atomic E-state index is 12.7. The first-order chi connectivity index (χ1) is 18.8. The number of benzene rings is 1. The minimum Gasteiger partial charge on any atom is -0.365 e. The molecule has 2 aromatic rings. The van der Waals surface area contributed by atoms with Gasteiger partial charge in [0, 0.05) is 73.5 Å². The van der Waals surface area contributed by atoms with Crippen molar-refractivity contribution >= 4 is 41.0 Å². The van der Waals surface area contributed by atoms with Crippen molar-refractivity contribution in [2.24, 2.45) is 5.92 Å². The highest BCUT2D eigenvalue weighted by Crippen LogP contribution is 2.31. The number of fused-ring (bicyclic) bond motifs is 1. The SMILES string of the molecule is CCCNC(=O)N1CCc2nc(N3CCC(C[N+]4(C)CCCC4)CC3)nc(NCc3ccc(Cl)cc3Cl)c2C1. The molecule has 3 aliphatic rings. The number of piperidine rings is 1. The predicted molar refractivity (Wildman–Crippen MR) is 159 cm³/mol. The molecule has 1 aromatic heterocycles. The summed E-state index contributed by atoms with van der Waals surface area (Å²) in [7, 11) is 2.43. The number of urea groups is 1. The number of carbonyl (C=O) groups excluding carboxylic acids is 1. The molecule has 0 atom stereocenters. The maximum Gasteiger partial charge on any atom is 0.317 e. The van der Waals surface area contributed by atoms with Crippen LogP contribution in [0, 0.1) is 5.92 Å². The second-order valence-corrected chi connectivity index (χ2v) is 12.5. The Bertz CT molecular complexity index is 1160. The van der Waals surface area contributed by atoms with Crippen molar-refractivity contribution in [3.05, 3.63) is 45.1 Å². The Hall–Kier alpha value is -2.29. The minimum absolute atomic E-state index is 0.0327. The maximum atomic E-state index is 12.7. The van der Waals surface area contributed by atoms with E-state index in [2.05, 4.69) is 29.5 Å². The molecule has 10 heteroatoms. The first-order valence-electron chi connectivity index (χ1n) is 14.5. The summed E-state index contributed by atoms with van der Waals surface area (Å²) >= 11 is 12.6. The molecule has 2 N–H and O–H groups in total. The Morgan fingerprint density at radius 3 is 2.62 bits per heavy atom. The number of halogens is 2. The molecule has 0 bridgehead atoms. The summed E-state index contributed by atoms with van der Waals surface area (Å²) < 4.78 is 1.24. The summed E-state index contributed by atoms with van der Waals surface area (Å²) in [5, 5.41) is 7.77. The van der Waals surface area contributed by atoms with Crippen LogP contribution in [0.15, 0.2) is 18.2 Å². The van der Waals surface area contributed by atoms with Gasteiger partial charge in [0.15, 0.2) is 0 Å². The van der Waals surface area contributed by atoms with E-state index in [0.717, 1.165) is 54.0 Å². The number of likely N-dealkylation sites (tertiary alicyclic amines) is 1. The number of rotatable bonds is 8. The van der Waals surface area contributed by atoms with Crippen LogP contribution < -0.4 is 15.5 Å². The average Bonchev–Trinajstić information content (AvgIpc) is 3.36. The standard InChI is InChI=1S/C29H41Cl2N7O/c1-3-11-32-29(39)37-14-10-26-24(19-37)27(33-18-22-6-7-23(30)17-25(22)31)35-28(34-26)36-12-8-21(9-13-36)20-38(2)15-4-5-16-38/h6-7,17,21H,3-5,8-16,18-20H2,1-2H3,(H-,32,33,34,35,39)/p+1. The van der Waals surface area contributed by atoms with Crippen molar-refractivity contribution < 1.29 is 9.28 Å². The third-order valence-electron chi connectivity index (χ3n) is 8.57. The summed E-state index contributed by atoms with van der Waals surface area (Å²) in [6, 6.07) is 5.51. The molecule has 2 saturated heterocycles. The Balaban J connectivity index is 1.33. The Morgan fingerprint density at radius 1 is 1.13 bits per heavy atom. The van der Waals surface area contributed by atoms with E-state index in [4.69, 9.17) is 33.2 Å². The lowest BCUT2D eigenvalue weighted by Gasteiger charge is -2.38. The summed E-state index contributed by atoms with van der Waals surface area (Å²) in [5.74, 6) is 2.34. The Morgan fingerprint density at radius 2 is 1.90 bits per heavy atom. The van der Waals surface area contributed by atoms with E-state index in [-0.39, 0.29) is 6.03 Å². The van der Waals surface area contributed by atoms with Crippen molar-refractivity contribution in [3.8, 4) is 0 Å². The second-order valence-electron chi connectivity index (χ2n) is 11.7. The largest absolute Gasteiger partial charge is 0.365 e. The molecule has 39 heavy (non-hydrogen) atoms.